The molecule has 16 heteroatoms. The average molecular weight is 1900 g/mol. The standard InChI is InChI=1S/C45H31N5.C44H29N5.C43H28N6/c1-2-35-23-21-32-22-24-37-38(27-39(29-12-5-3-6-13-29)48-44(37)43(32)47-35)45-49-40(30-14-7-4-8-15-30)28-41(50-45)34-18-9-17-33(26-34)36-20-10-16-31-19-11-25-46-42(31)36;1-28-20-21-32-22-23-36-37(26-38(29-11-4-2-5-12-29)47-43(36)42(32)46-28)40-27-39(30-13-6-3-7-14-30)48-44(49-40)34-17-8-16-33(25-34)35-19-9-15-31-18-10-24-45-41(31)35;1-27-20-21-30-22-23-35-36(26-37(28-11-4-2-5-12-28)46-40(35)39(30)45-27)43-48-41(31-13-6-3-7-14-31)47-42(49-43)33-17-8-16-32(25-33)34-19-9-15-29-18-10-24-44-38(29)34/h3-28H,2H2,1H3;2-27H,1H3;2-26H,1H3. The minimum absolute atomic E-state index is 0.567. The summed E-state index contributed by atoms with van der Waals surface area (Å²) in [4.78, 5) is 81.2. The lowest BCUT2D eigenvalue weighted by Gasteiger charge is -2.14. The Balaban J connectivity index is 0.000000115. The molecular weight excluding hydrogens is 1810 g/mol. The smallest absolute Gasteiger partial charge is 0.164 e. The minimum Gasteiger partial charge on any atom is -0.256 e. The topological polar surface area (TPSA) is 206 Å². The van der Waals surface area contributed by atoms with Gasteiger partial charge in [-0.05, 0) is 122 Å². The molecule has 12 heterocycles. The molecule has 0 saturated heterocycles. The molecule has 0 atom stereocenters. The number of fused-ring (bicyclic) bond motifs is 12. The van der Waals surface area contributed by atoms with Crippen molar-refractivity contribution in [2.45, 2.75) is 27.2 Å². The van der Waals surface area contributed by atoms with Gasteiger partial charge >= 0.3 is 0 Å². The largest absolute Gasteiger partial charge is 0.256 e. The van der Waals surface area contributed by atoms with Crippen LogP contribution in [0.25, 0.3) is 267 Å². The summed E-state index contributed by atoms with van der Waals surface area (Å²) < 4.78 is 0. The van der Waals surface area contributed by atoms with Gasteiger partial charge in [0.05, 0.1) is 89.5 Å². The highest BCUT2D eigenvalue weighted by Crippen LogP contribution is 2.44. The molecule has 27 aromatic rings. The molecule has 0 N–H and O–H groups in total. The number of hydrogen-bond acceptors (Lipinski definition) is 16. The molecule has 27 rings (SSSR count). The van der Waals surface area contributed by atoms with Crippen LogP contribution >= 0.6 is 0 Å². The van der Waals surface area contributed by atoms with E-state index in [0.717, 1.165) is 262 Å². The van der Waals surface area contributed by atoms with E-state index in [-0.39, 0.29) is 0 Å². The number of pyridine rings is 9. The average Bonchev–Trinajstić information content (AvgIpc) is 0.756. The summed E-state index contributed by atoms with van der Waals surface area (Å²) in [6.07, 6.45) is 6.38. The summed E-state index contributed by atoms with van der Waals surface area (Å²) in [5.41, 5.74) is 34.8. The van der Waals surface area contributed by atoms with E-state index in [2.05, 4.69) is 298 Å². The predicted molar refractivity (Wildman–Crippen MR) is 602 cm³/mol. The van der Waals surface area contributed by atoms with E-state index < -0.39 is 0 Å². The summed E-state index contributed by atoms with van der Waals surface area (Å²) in [6, 6.07) is 154. The molecule has 0 amide bonds. The van der Waals surface area contributed by atoms with Crippen LogP contribution in [0.1, 0.15) is 24.0 Å². The van der Waals surface area contributed by atoms with Gasteiger partial charge in [0.15, 0.2) is 29.1 Å². The Bertz CT molecular complexity index is 9420. The Morgan fingerprint density at radius 3 is 0.851 bits per heavy atom. The fraction of sp³-hybridized carbons (Fsp3) is 0.0303. The van der Waals surface area contributed by atoms with Crippen LogP contribution in [0.2, 0.25) is 0 Å². The molecule has 0 fully saturated rings. The number of para-hydroxylation sites is 3. The van der Waals surface area contributed by atoms with Crippen LogP contribution in [0.3, 0.4) is 0 Å². The second-order valence-corrected chi connectivity index (χ2v) is 36.6. The molecular formula is C132H88N16. The van der Waals surface area contributed by atoms with Gasteiger partial charge in [0.2, 0.25) is 0 Å². The summed E-state index contributed by atoms with van der Waals surface area (Å²) in [6.45, 7) is 6.16. The lowest BCUT2D eigenvalue weighted by Crippen LogP contribution is -2.02. The Hall–Kier alpha value is -19.8. The van der Waals surface area contributed by atoms with Gasteiger partial charge in [-0.2, -0.15) is 0 Å². The van der Waals surface area contributed by atoms with Crippen molar-refractivity contribution >= 4 is 98.1 Å². The van der Waals surface area contributed by atoms with Gasteiger partial charge in [-0.3, -0.25) is 29.9 Å². The third-order valence-corrected chi connectivity index (χ3v) is 27.1. The number of nitrogens with zero attached hydrogens (tertiary/aromatic N) is 16. The maximum atomic E-state index is 5.32. The van der Waals surface area contributed by atoms with Crippen LogP contribution in [0, 0.1) is 13.8 Å². The summed E-state index contributed by atoms with van der Waals surface area (Å²) in [5.74, 6) is 3.03. The van der Waals surface area contributed by atoms with E-state index >= 15 is 0 Å². The highest BCUT2D eigenvalue weighted by Gasteiger charge is 2.25. The molecule has 0 spiro atoms. The Morgan fingerprint density at radius 1 is 0.155 bits per heavy atom. The van der Waals surface area contributed by atoms with Gasteiger partial charge in [-0.1, -0.05) is 371 Å². The molecule has 148 heavy (non-hydrogen) atoms. The summed E-state index contributed by atoms with van der Waals surface area (Å²) in [5, 5.41) is 9.32. The lowest BCUT2D eigenvalue weighted by molar-refractivity contribution is 1.06. The Labute approximate surface area is 853 Å². The van der Waals surface area contributed by atoms with E-state index in [1.165, 1.54) is 0 Å². The second kappa shape index (κ2) is 39.2. The summed E-state index contributed by atoms with van der Waals surface area (Å²) >= 11 is 0. The zero-order valence-corrected chi connectivity index (χ0v) is 80.8. The molecule has 0 unspecified atom stereocenters. The third-order valence-electron chi connectivity index (χ3n) is 27.1. The maximum Gasteiger partial charge on any atom is 0.164 e. The predicted octanol–water partition coefficient (Wildman–Crippen LogP) is 31.9. The van der Waals surface area contributed by atoms with E-state index in [1.54, 1.807) is 0 Å². The van der Waals surface area contributed by atoms with Gasteiger partial charge in [-0.15, -0.1) is 0 Å². The van der Waals surface area contributed by atoms with E-state index in [4.69, 9.17) is 79.7 Å². The first kappa shape index (κ1) is 89.5. The van der Waals surface area contributed by atoms with Crippen LogP contribution in [0.5, 0.6) is 0 Å². The van der Waals surface area contributed by atoms with Crippen molar-refractivity contribution in [2.75, 3.05) is 0 Å². The number of rotatable bonds is 16. The molecule has 0 saturated carbocycles. The van der Waals surface area contributed by atoms with Crippen LogP contribution in [-0.4, -0.2) is 79.7 Å². The Kier molecular flexibility index (Phi) is 23.7. The highest BCUT2D eigenvalue weighted by molar-refractivity contribution is 6.13. The summed E-state index contributed by atoms with van der Waals surface area (Å²) in [7, 11) is 0. The molecule has 0 aliphatic rings. The first-order valence-electron chi connectivity index (χ1n) is 49.4. The molecule has 16 nitrogen and oxygen atoms in total. The molecule has 0 aliphatic heterocycles. The van der Waals surface area contributed by atoms with Gasteiger partial charge in [0.25, 0.3) is 0 Å². The molecule has 696 valence electrons. The quantitative estimate of drug-likeness (QED) is 0.0825. The second-order valence-electron chi connectivity index (χ2n) is 36.6. The minimum atomic E-state index is 0.567. The first-order chi connectivity index (χ1) is 73.1. The van der Waals surface area contributed by atoms with Crippen molar-refractivity contribution in [1.82, 2.24) is 79.7 Å². The van der Waals surface area contributed by atoms with Crippen molar-refractivity contribution in [3.8, 4) is 169 Å². The van der Waals surface area contributed by atoms with Gasteiger partial charge in [-0.25, -0.2) is 49.8 Å². The van der Waals surface area contributed by atoms with Crippen LogP contribution in [0.15, 0.2) is 468 Å². The first-order valence-corrected chi connectivity index (χ1v) is 49.4. The van der Waals surface area contributed by atoms with Gasteiger partial charge in [0.1, 0.15) is 0 Å². The van der Waals surface area contributed by atoms with Crippen LogP contribution in [0.4, 0.5) is 0 Å². The number of hydrogen-bond donors (Lipinski definition) is 0. The zero-order chi connectivity index (χ0) is 98.9. The van der Waals surface area contributed by atoms with Crippen LogP contribution in [-0.2, 0) is 6.42 Å². The monoisotopic (exact) mass is 1900 g/mol. The molecule has 0 radical (unpaired) electrons. The SMILES string of the molecule is CCc1ccc2ccc3c(-c4nc(-c5ccccc5)cc(-c5cccc(-c6cccc7cccnc67)c5)n4)cc(-c4ccccc4)nc3c2n1.Cc1ccc2ccc3c(-c4cc(-c5ccccc5)nc(-c5cccc(-c6cccc7cccnc67)c5)n4)cc(-c4ccccc4)nc3c2n1.Cc1ccc2ccc3c(-c4nc(-c5ccccc5)nc(-c5cccc(-c6cccc7cccnc67)c5)n4)cc(-c4ccccc4)nc3c2n1. The van der Waals surface area contributed by atoms with Crippen molar-refractivity contribution in [3.63, 3.8) is 0 Å². The van der Waals surface area contributed by atoms with Crippen molar-refractivity contribution in [3.05, 3.63) is 485 Å². The Morgan fingerprint density at radius 2 is 0.432 bits per heavy atom. The molecule has 15 aromatic carbocycles. The van der Waals surface area contributed by atoms with Crippen LogP contribution < -0.4 is 0 Å². The normalized spacial score (nSPS) is 11.4. The lowest BCUT2D eigenvalue weighted by atomic mass is 9.98. The number of aromatic nitrogens is 16. The van der Waals surface area contributed by atoms with Gasteiger partial charge < -0.3 is 0 Å². The zero-order valence-electron chi connectivity index (χ0n) is 80.8. The van der Waals surface area contributed by atoms with E-state index in [1.807, 2.05) is 190 Å². The molecule has 0 bridgehead atoms. The van der Waals surface area contributed by atoms with Gasteiger partial charge in [0, 0.05) is 168 Å². The van der Waals surface area contributed by atoms with E-state index in [0.29, 0.717) is 29.1 Å². The number of benzene rings is 15. The fourth-order valence-corrected chi connectivity index (χ4v) is 19.7. The van der Waals surface area contributed by atoms with Crippen molar-refractivity contribution < 1.29 is 0 Å². The number of aryl methyl sites for hydroxylation is 3. The maximum absolute atomic E-state index is 5.32. The highest BCUT2D eigenvalue weighted by atomic mass is 15.0. The molecule has 0 aliphatic carbocycles. The van der Waals surface area contributed by atoms with E-state index in [9.17, 15) is 0 Å². The fourth-order valence-electron chi connectivity index (χ4n) is 19.7. The third kappa shape index (κ3) is 17.8. The van der Waals surface area contributed by atoms with Crippen molar-refractivity contribution in [1.29, 1.82) is 0 Å². The van der Waals surface area contributed by atoms with Crippen molar-refractivity contribution in [2.24, 2.45) is 0 Å². The molecule has 12 aromatic heterocycles.